The summed E-state index contributed by atoms with van der Waals surface area (Å²) in [7, 11) is -4.39. The molecule has 15 heavy (non-hydrogen) atoms. The summed E-state index contributed by atoms with van der Waals surface area (Å²) in [4.78, 5) is 13.2. The van der Waals surface area contributed by atoms with Crippen LogP contribution in [0.5, 0.6) is 0 Å². The van der Waals surface area contributed by atoms with Gasteiger partial charge in [-0.05, 0) is 6.07 Å². The lowest BCUT2D eigenvalue weighted by Crippen LogP contribution is -2.01. The average Bonchev–Trinajstić information content (AvgIpc) is 2.55. The number of nitrogens with one attached hydrogen (secondary N) is 1. The molecule has 0 spiro atoms. The third-order valence-corrected chi connectivity index (χ3v) is 2.92. The number of benzene rings is 1. The normalized spacial score (nSPS) is 11.8. The van der Waals surface area contributed by atoms with Crippen LogP contribution in [0.15, 0.2) is 29.3 Å². The fourth-order valence-corrected chi connectivity index (χ4v) is 2.13. The predicted octanol–water partition coefficient (Wildman–Crippen LogP) is 1.23. The molecule has 0 saturated heterocycles. The number of aromatic nitrogens is 1. The first kappa shape index (κ1) is 9.88. The van der Waals surface area contributed by atoms with Crippen molar-refractivity contribution in [2.75, 3.05) is 0 Å². The van der Waals surface area contributed by atoms with Crippen LogP contribution in [0, 0.1) is 0 Å². The van der Waals surface area contributed by atoms with Crippen molar-refractivity contribution in [1.82, 2.24) is 4.98 Å². The lowest BCUT2D eigenvalue weighted by atomic mass is 10.2. The van der Waals surface area contributed by atoms with Crippen LogP contribution in [0.3, 0.4) is 0 Å². The summed E-state index contributed by atoms with van der Waals surface area (Å²) >= 11 is 0. The molecule has 0 aliphatic heterocycles. The van der Waals surface area contributed by atoms with Crippen LogP contribution >= 0.6 is 0 Å². The first-order valence-electron chi connectivity index (χ1n) is 4.07. The molecule has 0 atom stereocenters. The number of aromatic amines is 1. The molecule has 1 heterocycles. The van der Waals surface area contributed by atoms with Gasteiger partial charge in [0.1, 0.15) is 0 Å². The molecule has 78 valence electrons. The van der Waals surface area contributed by atoms with Crippen LogP contribution in [-0.2, 0) is 10.1 Å². The van der Waals surface area contributed by atoms with Crippen molar-refractivity contribution >= 4 is 27.3 Å². The monoisotopic (exact) mass is 225 g/mol. The Labute approximate surface area is 85.5 Å². The predicted molar refractivity (Wildman–Crippen MR) is 53.5 cm³/mol. The van der Waals surface area contributed by atoms with Crippen molar-refractivity contribution < 1.29 is 17.8 Å². The number of H-pyrrole nitrogens is 1. The highest BCUT2D eigenvalue weighted by Crippen LogP contribution is 2.23. The Morgan fingerprint density at radius 3 is 2.53 bits per heavy atom. The summed E-state index contributed by atoms with van der Waals surface area (Å²) < 4.78 is 30.8. The number of aldehydes is 1. The molecule has 0 radical (unpaired) electrons. The number of carbonyl (C=O) groups excluding carboxylic acids is 1. The first-order chi connectivity index (χ1) is 7.04. The van der Waals surface area contributed by atoms with E-state index in [-0.39, 0.29) is 5.56 Å². The number of fused-ring (bicyclic) bond motifs is 1. The first-order valence-corrected chi connectivity index (χ1v) is 5.51. The Bertz CT molecular complexity index is 627. The number of rotatable bonds is 2. The van der Waals surface area contributed by atoms with Crippen LogP contribution in [-0.4, -0.2) is 24.2 Å². The van der Waals surface area contributed by atoms with E-state index in [9.17, 15) is 13.2 Å². The number of para-hydroxylation sites is 1. The molecule has 0 bridgehead atoms. The summed E-state index contributed by atoms with van der Waals surface area (Å²) in [6.07, 6.45) is 0.405. The molecule has 2 N–H and O–H groups in total. The minimum Gasteiger partial charge on any atom is -0.343 e. The zero-order chi connectivity index (χ0) is 11.1. The van der Waals surface area contributed by atoms with Gasteiger partial charge in [-0.1, -0.05) is 18.2 Å². The van der Waals surface area contributed by atoms with E-state index in [1.54, 1.807) is 24.3 Å². The highest BCUT2D eigenvalue weighted by atomic mass is 32.2. The van der Waals surface area contributed by atoms with Crippen molar-refractivity contribution in [3.05, 3.63) is 29.8 Å². The van der Waals surface area contributed by atoms with Gasteiger partial charge in [-0.3, -0.25) is 9.35 Å². The molecular weight excluding hydrogens is 218 g/mol. The lowest BCUT2D eigenvalue weighted by molar-refractivity contribution is 0.112. The van der Waals surface area contributed by atoms with E-state index in [2.05, 4.69) is 4.98 Å². The Morgan fingerprint density at radius 2 is 1.93 bits per heavy atom. The second-order valence-electron chi connectivity index (χ2n) is 3.01. The number of hydrogen-bond acceptors (Lipinski definition) is 3. The van der Waals surface area contributed by atoms with E-state index in [1.165, 1.54) is 0 Å². The fourth-order valence-electron chi connectivity index (χ4n) is 1.46. The van der Waals surface area contributed by atoms with Crippen molar-refractivity contribution in [1.29, 1.82) is 0 Å². The zero-order valence-electron chi connectivity index (χ0n) is 7.47. The van der Waals surface area contributed by atoms with E-state index in [4.69, 9.17) is 4.55 Å². The van der Waals surface area contributed by atoms with Gasteiger partial charge in [0.15, 0.2) is 11.3 Å². The molecule has 1 aromatic heterocycles. The van der Waals surface area contributed by atoms with Crippen molar-refractivity contribution in [3.63, 3.8) is 0 Å². The van der Waals surface area contributed by atoms with E-state index >= 15 is 0 Å². The molecule has 0 aliphatic carbocycles. The molecule has 1 aromatic carbocycles. The van der Waals surface area contributed by atoms with E-state index in [0.29, 0.717) is 17.2 Å². The molecule has 0 fully saturated rings. The van der Waals surface area contributed by atoms with Crippen LogP contribution < -0.4 is 0 Å². The summed E-state index contributed by atoms with van der Waals surface area (Å²) in [6.45, 7) is 0. The topological polar surface area (TPSA) is 87.2 Å². The summed E-state index contributed by atoms with van der Waals surface area (Å²) in [6, 6.07) is 6.60. The van der Waals surface area contributed by atoms with Crippen molar-refractivity contribution in [3.8, 4) is 0 Å². The smallest absolute Gasteiger partial charge is 0.310 e. The van der Waals surface area contributed by atoms with Gasteiger partial charge in [-0.2, -0.15) is 8.42 Å². The Kier molecular flexibility index (Phi) is 2.09. The maximum absolute atomic E-state index is 10.9. The van der Waals surface area contributed by atoms with Gasteiger partial charge in [-0.15, -0.1) is 0 Å². The summed E-state index contributed by atoms with van der Waals surface area (Å²) in [5, 5.41) is 0.0128. The number of carbonyl (C=O) groups is 1. The Morgan fingerprint density at radius 1 is 1.27 bits per heavy atom. The van der Waals surface area contributed by atoms with Gasteiger partial charge in [-0.25, -0.2) is 0 Å². The summed E-state index contributed by atoms with van der Waals surface area (Å²) in [5.41, 5.74) is 0.445. The average molecular weight is 225 g/mol. The molecular formula is C9H7NO4S. The molecule has 0 aliphatic rings. The highest BCUT2D eigenvalue weighted by molar-refractivity contribution is 7.85. The second-order valence-corrected chi connectivity index (χ2v) is 4.36. The van der Waals surface area contributed by atoms with Gasteiger partial charge in [0, 0.05) is 10.9 Å². The van der Waals surface area contributed by atoms with E-state index in [1.807, 2.05) is 0 Å². The second kappa shape index (κ2) is 3.18. The minimum atomic E-state index is -4.39. The molecule has 0 unspecified atom stereocenters. The van der Waals surface area contributed by atoms with Gasteiger partial charge < -0.3 is 4.98 Å². The van der Waals surface area contributed by atoms with Crippen LogP contribution in [0.25, 0.3) is 10.9 Å². The molecule has 0 amide bonds. The Hall–Kier alpha value is -1.66. The van der Waals surface area contributed by atoms with E-state index in [0.717, 1.165) is 0 Å². The SMILES string of the molecule is O=Cc1c(S(=O)(=O)O)[nH]c2ccccc12. The van der Waals surface area contributed by atoms with E-state index < -0.39 is 15.1 Å². The lowest BCUT2D eigenvalue weighted by Gasteiger charge is -1.92. The van der Waals surface area contributed by atoms with Crippen LogP contribution in [0.4, 0.5) is 0 Å². The highest BCUT2D eigenvalue weighted by Gasteiger charge is 2.20. The molecule has 6 heteroatoms. The quantitative estimate of drug-likeness (QED) is 0.594. The van der Waals surface area contributed by atoms with Crippen LogP contribution in [0.1, 0.15) is 10.4 Å². The molecule has 5 nitrogen and oxygen atoms in total. The van der Waals surface area contributed by atoms with Gasteiger partial charge >= 0.3 is 10.1 Å². The third kappa shape index (κ3) is 1.53. The van der Waals surface area contributed by atoms with Crippen molar-refractivity contribution in [2.45, 2.75) is 5.03 Å². The van der Waals surface area contributed by atoms with Gasteiger partial charge in [0.25, 0.3) is 0 Å². The summed E-state index contributed by atoms with van der Waals surface area (Å²) in [5.74, 6) is 0. The van der Waals surface area contributed by atoms with Gasteiger partial charge in [0.05, 0.1) is 5.56 Å². The van der Waals surface area contributed by atoms with Gasteiger partial charge in [0.2, 0.25) is 0 Å². The maximum atomic E-state index is 10.9. The minimum absolute atomic E-state index is 0.0481. The largest absolute Gasteiger partial charge is 0.343 e. The molecule has 2 aromatic rings. The number of hydrogen-bond donors (Lipinski definition) is 2. The van der Waals surface area contributed by atoms with Crippen molar-refractivity contribution in [2.24, 2.45) is 0 Å². The zero-order valence-corrected chi connectivity index (χ0v) is 8.28. The maximum Gasteiger partial charge on any atom is 0.310 e. The molecule has 0 saturated carbocycles. The Balaban J connectivity index is 2.93. The molecule has 2 rings (SSSR count). The third-order valence-electron chi connectivity index (χ3n) is 2.09. The standard InChI is InChI=1S/C9H7NO4S/c11-5-7-6-3-1-2-4-8(6)10-9(7)15(12,13)14/h1-5,10H,(H,12,13,14). The van der Waals surface area contributed by atoms with Crippen LogP contribution in [0.2, 0.25) is 0 Å². The fraction of sp³-hybridized carbons (Fsp3) is 0.